The molecule has 8 heteroatoms. The number of halogens is 3. The maximum Gasteiger partial charge on any atom is 0.323 e. The van der Waals surface area contributed by atoms with Crippen molar-refractivity contribution in [1.29, 1.82) is 0 Å². The molecule has 0 unspecified atom stereocenters. The topological polar surface area (TPSA) is 66.8 Å². The zero-order valence-electron chi connectivity index (χ0n) is 18.4. The van der Waals surface area contributed by atoms with Gasteiger partial charge in [-0.1, -0.05) is 45.7 Å². The number of rotatable bonds is 7. The Kier molecular flexibility index (Phi) is 6.96. The molecule has 0 saturated carbocycles. The van der Waals surface area contributed by atoms with Gasteiger partial charge >= 0.3 is 5.97 Å². The fourth-order valence-corrected chi connectivity index (χ4v) is 4.80. The van der Waals surface area contributed by atoms with Crippen molar-refractivity contribution in [2.45, 2.75) is 31.9 Å². The van der Waals surface area contributed by atoms with Crippen LogP contribution in [0.25, 0.3) is 0 Å². The molecule has 4 rings (SSSR count). The van der Waals surface area contributed by atoms with E-state index < -0.39 is 23.9 Å². The average molecular weight is 547 g/mol. The molecule has 1 aliphatic rings. The molecule has 1 aliphatic heterocycles. The van der Waals surface area contributed by atoms with Crippen LogP contribution in [0.4, 0.5) is 4.39 Å². The fraction of sp³-hybridized carbons (Fsp3) is 0.231. The quantitative estimate of drug-likeness (QED) is 0.400. The maximum absolute atomic E-state index is 13.9. The lowest BCUT2D eigenvalue weighted by molar-refractivity contribution is -0.137. The van der Waals surface area contributed by atoms with Crippen LogP contribution in [0.1, 0.15) is 34.0 Å². The zero-order valence-corrected chi connectivity index (χ0v) is 20.7. The summed E-state index contributed by atoms with van der Waals surface area (Å²) in [5, 5.41) is 9.43. The highest BCUT2D eigenvalue weighted by atomic mass is 79.9. The maximum atomic E-state index is 13.9. The van der Waals surface area contributed by atoms with E-state index in [4.69, 9.17) is 16.3 Å². The number of benzene rings is 3. The van der Waals surface area contributed by atoms with Crippen LogP contribution in [0.2, 0.25) is 5.02 Å². The number of amides is 1. The molecule has 1 heterocycles. The first-order chi connectivity index (χ1) is 16.1. The van der Waals surface area contributed by atoms with Crippen molar-refractivity contribution in [3.8, 4) is 5.75 Å². The second-order valence-corrected chi connectivity index (χ2v) is 9.98. The smallest absolute Gasteiger partial charge is 0.323 e. The van der Waals surface area contributed by atoms with Gasteiger partial charge in [-0.3, -0.25) is 9.59 Å². The first-order valence-corrected chi connectivity index (χ1v) is 11.8. The summed E-state index contributed by atoms with van der Waals surface area (Å²) in [6.07, 6.45) is 0.991. The van der Waals surface area contributed by atoms with Crippen molar-refractivity contribution in [1.82, 2.24) is 4.90 Å². The largest absolute Gasteiger partial charge is 0.487 e. The molecule has 0 fully saturated rings. The van der Waals surface area contributed by atoms with Crippen molar-refractivity contribution < 1.29 is 23.8 Å². The van der Waals surface area contributed by atoms with E-state index in [1.54, 1.807) is 24.3 Å². The lowest BCUT2D eigenvalue weighted by Crippen LogP contribution is -2.35. The van der Waals surface area contributed by atoms with Gasteiger partial charge < -0.3 is 14.7 Å². The third kappa shape index (κ3) is 5.59. The van der Waals surface area contributed by atoms with Gasteiger partial charge in [0.15, 0.2) is 0 Å². The summed E-state index contributed by atoms with van der Waals surface area (Å²) in [6, 6.07) is 17.2. The van der Waals surface area contributed by atoms with Crippen LogP contribution in [0.3, 0.4) is 0 Å². The van der Waals surface area contributed by atoms with Crippen molar-refractivity contribution in [2.75, 3.05) is 6.54 Å². The van der Waals surface area contributed by atoms with Gasteiger partial charge in [0, 0.05) is 29.4 Å². The monoisotopic (exact) mass is 545 g/mol. The van der Waals surface area contributed by atoms with E-state index in [0.717, 1.165) is 21.2 Å². The molecule has 0 saturated heterocycles. The zero-order chi connectivity index (χ0) is 24.5. The molecular formula is C26H22BrClFNO4. The van der Waals surface area contributed by atoms with Gasteiger partial charge in [0.1, 0.15) is 23.7 Å². The number of fused-ring (bicyclic) bond motifs is 1. The third-order valence-corrected chi connectivity index (χ3v) is 6.47. The highest BCUT2D eigenvalue weighted by Gasteiger charge is 2.36. The number of hydrogen-bond donors (Lipinski definition) is 1. The van der Waals surface area contributed by atoms with Crippen molar-refractivity contribution >= 4 is 39.4 Å². The minimum Gasteiger partial charge on any atom is -0.487 e. The van der Waals surface area contributed by atoms with Gasteiger partial charge in [0.2, 0.25) is 0 Å². The van der Waals surface area contributed by atoms with E-state index >= 15 is 0 Å². The number of carbonyl (C=O) groups is 2. The Hall–Kier alpha value is -2.90. The van der Waals surface area contributed by atoms with Gasteiger partial charge in [-0.25, -0.2) is 4.39 Å². The molecule has 0 radical (unpaired) electrons. The molecule has 1 atom stereocenters. The Bertz CT molecular complexity index is 1270. The number of carbonyl (C=O) groups excluding carboxylic acids is 1. The number of carboxylic acid groups (broad SMARTS) is 1. The number of ether oxygens (including phenoxy) is 1. The summed E-state index contributed by atoms with van der Waals surface area (Å²) >= 11 is 9.19. The Morgan fingerprint density at radius 3 is 2.65 bits per heavy atom. The first kappa shape index (κ1) is 24.2. The van der Waals surface area contributed by atoms with E-state index in [0.29, 0.717) is 24.2 Å². The fourth-order valence-electron chi connectivity index (χ4n) is 4.24. The third-order valence-electron chi connectivity index (χ3n) is 5.67. The molecule has 5 nitrogen and oxygen atoms in total. The molecule has 34 heavy (non-hydrogen) atoms. The molecule has 1 N–H and O–H groups in total. The minimum absolute atomic E-state index is 0.0708. The SMILES string of the molecule is C[C@@]1(Cc2ccc(Cl)c(F)c2)Cc2cc(C(=O)N(CC(=O)O)Cc3cccc(Br)c3)ccc2O1. The van der Waals surface area contributed by atoms with Crippen molar-refractivity contribution in [3.63, 3.8) is 0 Å². The Morgan fingerprint density at radius 1 is 1.15 bits per heavy atom. The highest BCUT2D eigenvalue weighted by Crippen LogP contribution is 2.38. The van der Waals surface area contributed by atoms with Crippen LogP contribution in [0, 0.1) is 5.82 Å². The highest BCUT2D eigenvalue weighted by molar-refractivity contribution is 9.10. The lowest BCUT2D eigenvalue weighted by atomic mass is 9.91. The molecule has 0 aliphatic carbocycles. The summed E-state index contributed by atoms with van der Waals surface area (Å²) in [6.45, 7) is 1.68. The lowest BCUT2D eigenvalue weighted by Gasteiger charge is -2.24. The number of nitrogens with zero attached hydrogens (tertiary/aromatic N) is 1. The van der Waals surface area contributed by atoms with E-state index in [2.05, 4.69) is 15.9 Å². The number of aliphatic carboxylic acids is 1. The van der Waals surface area contributed by atoms with Crippen LogP contribution in [0.15, 0.2) is 65.1 Å². The standard InChI is InChI=1S/C26H22BrClFNO4/c1-26(12-16-5-7-21(28)22(29)10-16)13-19-11-18(6-8-23(19)34-26)25(33)30(15-24(31)32)14-17-3-2-4-20(27)9-17/h2-11H,12-15H2,1H3,(H,31,32)/t26-/m1/s1. The van der Waals surface area contributed by atoms with Crippen LogP contribution < -0.4 is 4.74 Å². The number of carboxylic acids is 1. The van der Waals surface area contributed by atoms with Crippen molar-refractivity contribution in [2.24, 2.45) is 0 Å². The Labute approximate surface area is 210 Å². The summed E-state index contributed by atoms with van der Waals surface area (Å²) in [7, 11) is 0. The number of hydrogen-bond acceptors (Lipinski definition) is 3. The van der Waals surface area contributed by atoms with Crippen LogP contribution >= 0.6 is 27.5 Å². The van der Waals surface area contributed by atoms with Gasteiger partial charge in [-0.15, -0.1) is 0 Å². The van der Waals surface area contributed by atoms with Gasteiger partial charge in [0.05, 0.1) is 5.02 Å². The van der Waals surface area contributed by atoms with Gasteiger partial charge in [0.25, 0.3) is 5.91 Å². The molecule has 0 spiro atoms. The van der Waals surface area contributed by atoms with Crippen molar-refractivity contribution in [3.05, 3.63) is 98.2 Å². The van der Waals surface area contributed by atoms with E-state index in [9.17, 15) is 19.1 Å². The predicted octanol–water partition coefficient (Wildman–Crippen LogP) is 5.90. The summed E-state index contributed by atoms with van der Waals surface area (Å²) in [5.41, 5.74) is 2.20. The minimum atomic E-state index is -1.09. The van der Waals surface area contributed by atoms with Gasteiger partial charge in [-0.05, 0) is 66.1 Å². The molecule has 1 amide bonds. The first-order valence-electron chi connectivity index (χ1n) is 10.6. The Morgan fingerprint density at radius 2 is 1.94 bits per heavy atom. The van der Waals surface area contributed by atoms with Crippen LogP contribution in [-0.4, -0.2) is 34.0 Å². The summed E-state index contributed by atoms with van der Waals surface area (Å²) < 4.78 is 20.9. The second-order valence-electron chi connectivity index (χ2n) is 8.66. The van der Waals surface area contributed by atoms with E-state index in [1.165, 1.54) is 17.0 Å². The van der Waals surface area contributed by atoms with E-state index in [-0.39, 0.29) is 17.5 Å². The summed E-state index contributed by atoms with van der Waals surface area (Å²) in [4.78, 5) is 26.0. The van der Waals surface area contributed by atoms with Gasteiger partial charge in [-0.2, -0.15) is 0 Å². The van der Waals surface area contributed by atoms with E-state index in [1.807, 2.05) is 31.2 Å². The Balaban J connectivity index is 1.53. The van der Waals surface area contributed by atoms with Crippen LogP contribution in [-0.2, 0) is 24.2 Å². The summed E-state index contributed by atoms with van der Waals surface area (Å²) in [5.74, 6) is -1.28. The molecule has 3 aromatic carbocycles. The average Bonchev–Trinajstić information content (AvgIpc) is 3.10. The molecule has 0 aromatic heterocycles. The predicted molar refractivity (Wildman–Crippen MR) is 131 cm³/mol. The normalized spacial score (nSPS) is 16.6. The molecule has 0 bridgehead atoms. The van der Waals surface area contributed by atoms with Crippen LogP contribution in [0.5, 0.6) is 5.75 Å². The molecule has 176 valence electrons. The molecular weight excluding hydrogens is 525 g/mol. The molecule has 3 aromatic rings. The second kappa shape index (κ2) is 9.76.